The van der Waals surface area contributed by atoms with Gasteiger partial charge in [0.2, 0.25) is 0 Å². The number of nitrogens with zero attached hydrogens (tertiary/aromatic N) is 4. The van der Waals surface area contributed by atoms with Crippen molar-refractivity contribution in [2.24, 2.45) is 0 Å². The predicted molar refractivity (Wildman–Crippen MR) is 110 cm³/mol. The second kappa shape index (κ2) is 8.59. The van der Waals surface area contributed by atoms with Crippen LogP contribution in [-0.2, 0) is 13.1 Å². The molecule has 0 saturated carbocycles. The van der Waals surface area contributed by atoms with E-state index in [0.29, 0.717) is 0 Å². The molecular weight excluding hydrogens is 372 g/mol. The zero-order chi connectivity index (χ0) is 19.3. The average Bonchev–Trinajstić information content (AvgIpc) is 3.23. The zero-order valence-electron chi connectivity index (χ0n) is 15.7. The summed E-state index contributed by atoms with van der Waals surface area (Å²) < 4.78 is 2.01. The third-order valence-corrected chi connectivity index (χ3v) is 5.36. The molecule has 0 aliphatic carbocycles. The van der Waals surface area contributed by atoms with Crippen LogP contribution < -0.4 is 0 Å². The van der Waals surface area contributed by atoms with Crippen LogP contribution in [0, 0.1) is 0 Å². The molecule has 144 valence electrons. The van der Waals surface area contributed by atoms with Gasteiger partial charge >= 0.3 is 0 Å². The number of aromatic nitrogens is 2. The van der Waals surface area contributed by atoms with Gasteiger partial charge in [-0.2, -0.15) is 0 Å². The molecule has 2 heterocycles. The highest BCUT2D eigenvalue weighted by Gasteiger charge is 2.22. The Morgan fingerprint density at radius 3 is 2.18 bits per heavy atom. The quantitative estimate of drug-likeness (QED) is 0.664. The molecule has 0 radical (unpaired) electrons. The highest BCUT2D eigenvalue weighted by Crippen LogP contribution is 2.15. The molecule has 0 atom stereocenters. The van der Waals surface area contributed by atoms with Crippen molar-refractivity contribution in [2.75, 3.05) is 26.2 Å². The third kappa shape index (κ3) is 4.61. The lowest BCUT2D eigenvalue weighted by atomic mass is 10.1. The summed E-state index contributed by atoms with van der Waals surface area (Å²) in [4.78, 5) is 21.2. The van der Waals surface area contributed by atoms with Gasteiger partial charge in [0.05, 0.1) is 6.33 Å². The van der Waals surface area contributed by atoms with Crippen LogP contribution in [0.4, 0.5) is 0 Å². The zero-order valence-corrected chi connectivity index (χ0v) is 16.4. The van der Waals surface area contributed by atoms with E-state index < -0.39 is 0 Å². The van der Waals surface area contributed by atoms with Gasteiger partial charge < -0.3 is 9.47 Å². The minimum atomic E-state index is 0.111. The fourth-order valence-electron chi connectivity index (χ4n) is 3.48. The normalized spacial score (nSPS) is 15.0. The molecule has 1 aliphatic rings. The molecule has 1 aromatic heterocycles. The molecule has 1 fully saturated rings. The summed E-state index contributed by atoms with van der Waals surface area (Å²) >= 11 is 5.95. The van der Waals surface area contributed by atoms with Gasteiger partial charge in [0.1, 0.15) is 0 Å². The van der Waals surface area contributed by atoms with Crippen LogP contribution in [-0.4, -0.2) is 51.4 Å². The van der Waals surface area contributed by atoms with Gasteiger partial charge in [-0.1, -0.05) is 35.9 Å². The van der Waals surface area contributed by atoms with Crippen molar-refractivity contribution >= 4 is 17.5 Å². The van der Waals surface area contributed by atoms with Crippen LogP contribution in [0.25, 0.3) is 0 Å². The number of piperazine rings is 1. The molecule has 3 aromatic rings. The molecule has 0 N–H and O–H groups in total. The van der Waals surface area contributed by atoms with Crippen LogP contribution in [0.3, 0.4) is 0 Å². The Morgan fingerprint density at radius 2 is 1.54 bits per heavy atom. The highest BCUT2D eigenvalue weighted by atomic mass is 35.5. The van der Waals surface area contributed by atoms with E-state index in [-0.39, 0.29) is 5.91 Å². The number of rotatable bonds is 5. The summed E-state index contributed by atoms with van der Waals surface area (Å²) in [5, 5.41) is 0.759. The summed E-state index contributed by atoms with van der Waals surface area (Å²) in [7, 11) is 0. The SMILES string of the molecule is O=C(c1ccc(Cn2ccnc2)cc1)N1CCN(Cc2ccc(Cl)cc2)CC1. The van der Waals surface area contributed by atoms with Crippen molar-refractivity contribution in [3.63, 3.8) is 0 Å². The molecule has 0 bridgehead atoms. The van der Waals surface area contributed by atoms with Crippen LogP contribution >= 0.6 is 11.6 Å². The van der Waals surface area contributed by atoms with E-state index >= 15 is 0 Å². The first kappa shape index (κ1) is 18.7. The smallest absolute Gasteiger partial charge is 0.253 e. The Labute approximate surface area is 170 Å². The van der Waals surface area contributed by atoms with Crippen LogP contribution in [0.15, 0.2) is 67.3 Å². The van der Waals surface area contributed by atoms with Crippen molar-refractivity contribution in [1.82, 2.24) is 19.4 Å². The molecule has 1 amide bonds. The average molecular weight is 395 g/mol. The van der Waals surface area contributed by atoms with Crippen molar-refractivity contribution in [2.45, 2.75) is 13.1 Å². The van der Waals surface area contributed by atoms with Crippen LogP contribution in [0.2, 0.25) is 5.02 Å². The first-order valence-electron chi connectivity index (χ1n) is 9.48. The summed E-state index contributed by atoms with van der Waals surface area (Å²) in [6, 6.07) is 15.9. The summed E-state index contributed by atoms with van der Waals surface area (Å²) in [5.74, 6) is 0.111. The molecular formula is C22H23ClN4O. The van der Waals surface area contributed by atoms with Gasteiger partial charge in [0.15, 0.2) is 0 Å². The predicted octanol–water partition coefficient (Wildman–Crippen LogP) is 3.54. The molecule has 4 rings (SSSR count). The maximum atomic E-state index is 12.8. The molecule has 28 heavy (non-hydrogen) atoms. The number of imidazole rings is 1. The molecule has 6 heteroatoms. The van der Waals surface area contributed by atoms with E-state index in [1.54, 1.807) is 12.5 Å². The van der Waals surface area contributed by atoms with Crippen LogP contribution in [0.1, 0.15) is 21.5 Å². The first-order valence-corrected chi connectivity index (χ1v) is 9.86. The standard InChI is InChI=1S/C22H23ClN4O/c23-21-7-3-19(4-8-21)15-25-11-13-27(14-12-25)22(28)20-5-1-18(2-6-20)16-26-10-9-24-17-26/h1-10,17H,11-16H2. The molecule has 0 spiro atoms. The number of halogens is 1. The summed E-state index contributed by atoms with van der Waals surface area (Å²) in [5.41, 5.74) is 3.15. The van der Waals surface area contributed by atoms with Gasteiger partial charge in [0.25, 0.3) is 5.91 Å². The number of hydrogen-bond acceptors (Lipinski definition) is 3. The molecule has 0 unspecified atom stereocenters. The van der Waals surface area contributed by atoms with Gasteiger partial charge in [-0.25, -0.2) is 4.98 Å². The van der Waals surface area contributed by atoms with E-state index in [9.17, 15) is 4.79 Å². The van der Waals surface area contributed by atoms with E-state index in [4.69, 9.17) is 11.6 Å². The molecule has 1 aliphatic heterocycles. The largest absolute Gasteiger partial charge is 0.336 e. The maximum Gasteiger partial charge on any atom is 0.253 e. The lowest BCUT2D eigenvalue weighted by Crippen LogP contribution is -2.48. The second-order valence-corrected chi connectivity index (χ2v) is 7.56. The Bertz CT molecular complexity index is 899. The first-order chi connectivity index (χ1) is 13.7. The van der Waals surface area contributed by atoms with Gasteiger partial charge in [-0.05, 0) is 35.4 Å². The third-order valence-electron chi connectivity index (χ3n) is 5.10. The summed E-state index contributed by atoms with van der Waals surface area (Å²) in [6.07, 6.45) is 5.50. The van der Waals surface area contributed by atoms with Crippen molar-refractivity contribution < 1.29 is 4.79 Å². The Kier molecular flexibility index (Phi) is 5.74. The van der Waals surface area contributed by atoms with Crippen molar-refractivity contribution in [3.8, 4) is 0 Å². The molecule has 1 saturated heterocycles. The number of carbonyl (C=O) groups is 1. The fourth-order valence-corrected chi connectivity index (χ4v) is 3.61. The summed E-state index contributed by atoms with van der Waals surface area (Å²) in [6.45, 7) is 4.92. The Morgan fingerprint density at radius 1 is 0.893 bits per heavy atom. The number of benzene rings is 2. The Balaban J connectivity index is 1.30. The number of carbonyl (C=O) groups excluding carboxylic acids is 1. The van der Waals surface area contributed by atoms with E-state index in [1.165, 1.54) is 5.56 Å². The topological polar surface area (TPSA) is 41.4 Å². The minimum Gasteiger partial charge on any atom is -0.336 e. The monoisotopic (exact) mass is 394 g/mol. The van der Waals surface area contributed by atoms with Gasteiger partial charge in [-0.3, -0.25) is 9.69 Å². The molecule has 5 nitrogen and oxygen atoms in total. The van der Waals surface area contributed by atoms with E-state index in [1.807, 2.05) is 52.1 Å². The minimum absolute atomic E-state index is 0.111. The number of amides is 1. The van der Waals surface area contributed by atoms with Crippen LogP contribution in [0.5, 0.6) is 0 Å². The van der Waals surface area contributed by atoms with E-state index in [0.717, 1.165) is 55.4 Å². The van der Waals surface area contributed by atoms with Crippen molar-refractivity contribution in [1.29, 1.82) is 0 Å². The van der Waals surface area contributed by atoms with E-state index in [2.05, 4.69) is 22.0 Å². The Hall–Kier alpha value is -2.63. The van der Waals surface area contributed by atoms with Gasteiger partial charge in [0, 0.05) is 62.2 Å². The highest BCUT2D eigenvalue weighted by molar-refractivity contribution is 6.30. The second-order valence-electron chi connectivity index (χ2n) is 7.13. The number of hydrogen-bond donors (Lipinski definition) is 0. The lowest BCUT2D eigenvalue weighted by Gasteiger charge is -2.34. The molecule has 2 aromatic carbocycles. The lowest BCUT2D eigenvalue weighted by molar-refractivity contribution is 0.0628. The van der Waals surface area contributed by atoms with Crippen molar-refractivity contribution in [3.05, 3.63) is 89.0 Å². The van der Waals surface area contributed by atoms with Gasteiger partial charge in [-0.15, -0.1) is 0 Å². The maximum absolute atomic E-state index is 12.8. The fraction of sp³-hybridized carbons (Fsp3) is 0.273.